The third kappa shape index (κ3) is 4.00. The van der Waals surface area contributed by atoms with Gasteiger partial charge in [-0.3, -0.25) is 9.00 Å². The molecule has 1 aromatic rings. The van der Waals surface area contributed by atoms with E-state index in [9.17, 15) is 13.6 Å². The third-order valence-corrected chi connectivity index (χ3v) is 2.45. The predicted molar refractivity (Wildman–Crippen MR) is 59.1 cm³/mol. The van der Waals surface area contributed by atoms with Gasteiger partial charge in [0.2, 0.25) is 0 Å². The number of ether oxygens (including phenoxy) is 1. The van der Waals surface area contributed by atoms with Crippen LogP contribution in [0.25, 0.3) is 0 Å². The van der Waals surface area contributed by atoms with Crippen LogP contribution in [0, 0.1) is 0 Å². The van der Waals surface area contributed by atoms with Crippen molar-refractivity contribution in [2.75, 3.05) is 11.5 Å². The highest BCUT2D eigenvalue weighted by Crippen LogP contribution is 2.20. The fourth-order valence-electron chi connectivity index (χ4n) is 1.28. The second-order valence-corrected chi connectivity index (χ2v) is 4.18. The number of hydrogen-bond acceptors (Lipinski definition) is 5. The van der Waals surface area contributed by atoms with Gasteiger partial charge in [-0.05, 0) is 17.7 Å². The molecule has 0 bridgehead atoms. The average Bonchev–Trinajstić information content (AvgIpc) is 2.15. The van der Waals surface area contributed by atoms with E-state index >= 15 is 0 Å². The molecule has 2 atom stereocenters. The van der Waals surface area contributed by atoms with E-state index in [4.69, 9.17) is 10.5 Å². The molecule has 2 N–H and O–H groups in total. The van der Waals surface area contributed by atoms with Crippen molar-refractivity contribution in [1.29, 1.82) is 0 Å². The molecule has 0 spiro atoms. The number of esters is 1. The molecular weight excluding hydrogens is 230 g/mol. The van der Waals surface area contributed by atoms with Crippen LogP contribution in [0.4, 0.5) is 5.69 Å². The lowest BCUT2D eigenvalue weighted by molar-refractivity contribution is -0.145. The predicted octanol–water partition coefficient (Wildman–Crippen LogP) is 0.752. The van der Waals surface area contributed by atoms with Gasteiger partial charge in [-0.15, -0.1) is 0 Å². The number of hydrogen-bond donors (Lipinski definition) is 1. The normalized spacial score (nSPS) is 14.1. The van der Waals surface area contributed by atoms with Gasteiger partial charge in [0.05, 0.1) is 5.75 Å². The summed E-state index contributed by atoms with van der Waals surface area (Å²) in [6.07, 6.45) is -0.806. The van der Waals surface area contributed by atoms with Gasteiger partial charge in [0.15, 0.2) is 0 Å². The number of nitrogens with two attached hydrogens (primary N) is 1. The fraction of sp³-hybridized carbons (Fsp3) is 0.300. The maximum Gasteiger partial charge on any atom is 0.303 e. The summed E-state index contributed by atoms with van der Waals surface area (Å²) < 4.78 is 26.2. The Balaban J connectivity index is 2.90. The summed E-state index contributed by atoms with van der Waals surface area (Å²) in [6.45, 7) is 1.23. The Labute approximate surface area is 95.9 Å². The van der Waals surface area contributed by atoms with Crippen LogP contribution in [0.3, 0.4) is 0 Å². The molecular formula is C10H12NO4S-. The molecule has 6 heteroatoms. The molecule has 1 rings (SSSR count). The van der Waals surface area contributed by atoms with Crippen molar-refractivity contribution in [3.05, 3.63) is 29.8 Å². The zero-order valence-electron chi connectivity index (χ0n) is 8.71. The van der Waals surface area contributed by atoms with E-state index in [2.05, 4.69) is 0 Å². The molecule has 0 aliphatic rings. The molecule has 0 aromatic heterocycles. The minimum atomic E-state index is -2.29. The first-order valence-corrected chi connectivity index (χ1v) is 5.82. The molecule has 0 aliphatic heterocycles. The van der Waals surface area contributed by atoms with Gasteiger partial charge in [-0.1, -0.05) is 23.2 Å². The first-order chi connectivity index (χ1) is 7.49. The maximum absolute atomic E-state index is 10.8. The monoisotopic (exact) mass is 242 g/mol. The van der Waals surface area contributed by atoms with Crippen LogP contribution in [0.5, 0.6) is 0 Å². The maximum atomic E-state index is 10.8. The quantitative estimate of drug-likeness (QED) is 0.478. The lowest BCUT2D eigenvalue weighted by atomic mass is 10.1. The van der Waals surface area contributed by atoms with Crippen LogP contribution < -0.4 is 5.73 Å². The first-order valence-electron chi connectivity index (χ1n) is 4.57. The summed E-state index contributed by atoms with van der Waals surface area (Å²) in [5.41, 5.74) is 6.62. The topological polar surface area (TPSA) is 92.5 Å². The standard InChI is InChI=1S/C10H13NO4S/c1-7(12)15-10(6-16(13)14)8-3-2-4-9(11)5-8/h2-5,10H,6,11H2,1H3,(H,13,14)/p-1. The zero-order chi connectivity index (χ0) is 12.1. The van der Waals surface area contributed by atoms with Gasteiger partial charge in [0, 0.05) is 12.6 Å². The smallest absolute Gasteiger partial charge is 0.303 e. The SMILES string of the molecule is CC(=O)OC(CS(=O)[O-])c1cccc(N)c1. The minimum absolute atomic E-state index is 0.275. The highest BCUT2D eigenvalue weighted by Gasteiger charge is 2.15. The molecule has 2 unspecified atom stereocenters. The molecule has 0 amide bonds. The number of carbonyl (C=O) groups excluding carboxylic acids is 1. The minimum Gasteiger partial charge on any atom is -0.772 e. The molecule has 16 heavy (non-hydrogen) atoms. The molecule has 5 nitrogen and oxygen atoms in total. The van der Waals surface area contributed by atoms with Gasteiger partial charge in [-0.25, -0.2) is 0 Å². The largest absolute Gasteiger partial charge is 0.772 e. The number of benzene rings is 1. The van der Waals surface area contributed by atoms with Crippen LogP contribution in [-0.4, -0.2) is 20.5 Å². The number of anilines is 1. The van der Waals surface area contributed by atoms with Gasteiger partial charge in [0.1, 0.15) is 6.10 Å². The van der Waals surface area contributed by atoms with Crippen LogP contribution in [0.1, 0.15) is 18.6 Å². The molecule has 0 heterocycles. The summed E-state index contributed by atoms with van der Waals surface area (Å²) in [5.74, 6) is -0.805. The van der Waals surface area contributed by atoms with Crippen LogP contribution in [-0.2, 0) is 20.6 Å². The van der Waals surface area contributed by atoms with Crippen LogP contribution in [0.15, 0.2) is 24.3 Å². The summed E-state index contributed by atoms with van der Waals surface area (Å²) in [4.78, 5) is 10.8. The van der Waals surface area contributed by atoms with E-state index in [1.54, 1.807) is 24.3 Å². The van der Waals surface area contributed by atoms with Gasteiger partial charge in [-0.2, -0.15) is 0 Å². The Morgan fingerprint density at radius 2 is 2.31 bits per heavy atom. The molecule has 0 fully saturated rings. The molecule has 0 radical (unpaired) electrons. The lowest BCUT2D eigenvalue weighted by Gasteiger charge is -2.18. The summed E-state index contributed by atoms with van der Waals surface area (Å²) >= 11 is -2.29. The summed E-state index contributed by atoms with van der Waals surface area (Å²) in [5, 5.41) is 0. The van der Waals surface area contributed by atoms with E-state index in [1.807, 2.05) is 0 Å². The lowest BCUT2D eigenvalue weighted by Crippen LogP contribution is -2.15. The van der Waals surface area contributed by atoms with Gasteiger partial charge < -0.3 is 15.0 Å². The highest BCUT2D eigenvalue weighted by atomic mass is 32.2. The van der Waals surface area contributed by atoms with E-state index in [1.165, 1.54) is 6.92 Å². The van der Waals surface area contributed by atoms with Crippen molar-refractivity contribution in [1.82, 2.24) is 0 Å². The van der Waals surface area contributed by atoms with E-state index in [0.29, 0.717) is 11.3 Å². The van der Waals surface area contributed by atoms with Crippen molar-refractivity contribution >= 4 is 22.7 Å². The van der Waals surface area contributed by atoms with Gasteiger partial charge >= 0.3 is 5.97 Å². The second-order valence-electron chi connectivity index (χ2n) is 3.24. The van der Waals surface area contributed by atoms with Crippen molar-refractivity contribution in [3.8, 4) is 0 Å². The fourth-order valence-corrected chi connectivity index (χ4v) is 1.79. The number of nitrogen functional groups attached to an aromatic ring is 1. The van der Waals surface area contributed by atoms with Gasteiger partial charge in [0.25, 0.3) is 0 Å². The second kappa shape index (κ2) is 5.62. The summed E-state index contributed by atoms with van der Waals surface area (Å²) in [7, 11) is 0. The number of carbonyl (C=O) groups is 1. The number of rotatable bonds is 4. The Bertz CT molecular complexity index is 392. The molecule has 0 aliphatic carbocycles. The third-order valence-electron chi connectivity index (χ3n) is 1.88. The Morgan fingerprint density at radius 3 is 2.81 bits per heavy atom. The van der Waals surface area contributed by atoms with Crippen molar-refractivity contribution in [2.24, 2.45) is 0 Å². The van der Waals surface area contributed by atoms with Crippen molar-refractivity contribution in [2.45, 2.75) is 13.0 Å². The van der Waals surface area contributed by atoms with Crippen molar-refractivity contribution in [3.63, 3.8) is 0 Å². The van der Waals surface area contributed by atoms with Crippen LogP contribution in [0.2, 0.25) is 0 Å². The van der Waals surface area contributed by atoms with Crippen molar-refractivity contribution < 1.29 is 18.3 Å². The Kier molecular flexibility index (Phi) is 4.45. The van der Waals surface area contributed by atoms with E-state index in [-0.39, 0.29) is 5.75 Å². The molecule has 1 aromatic carbocycles. The summed E-state index contributed by atoms with van der Waals surface area (Å²) in [6, 6.07) is 6.59. The Hall–Kier alpha value is -1.40. The highest BCUT2D eigenvalue weighted by molar-refractivity contribution is 7.79. The molecule has 0 saturated heterocycles. The zero-order valence-corrected chi connectivity index (χ0v) is 9.53. The Morgan fingerprint density at radius 1 is 1.62 bits per heavy atom. The molecule has 88 valence electrons. The first kappa shape index (κ1) is 12.7. The van der Waals surface area contributed by atoms with E-state index < -0.39 is 23.2 Å². The molecule has 0 saturated carbocycles. The average molecular weight is 242 g/mol. The van der Waals surface area contributed by atoms with Crippen LogP contribution >= 0.6 is 0 Å². The van der Waals surface area contributed by atoms with E-state index in [0.717, 1.165) is 0 Å².